The van der Waals surface area contributed by atoms with Gasteiger partial charge in [0.25, 0.3) is 5.91 Å². The van der Waals surface area contributed by atoms with Gasteiger partial charge in [0.15, 0.2) is 0 Å². The van der Waals surface area contributed by atoms with Gasteiger partial charge in [-0.15, -0.1) is 11.3 Å². The molecule has 4 rings (SSSR count). The first-order valence-corrected chi connectivity index (χ1v) is 12.3. The Morgan fingerprint density at radius 2 is 2.00 bits per heavy atom. The molecule has 1 saturated heterocycles. The highest BCUT2D eigenvalue weighted by Gasteiger charge is 2.23. The number of para-hydroxylation sites is 2. The molecule has 3 heterocycles. The van der Waals surface area contributed by atoms with Gasteiger partial charge in [0, 0.05) is 30.1 Å². The molecule has 1 aromatic carbocycles. The third-order valence-corrected chi connectivity index (χ3v) is 6.53. The first-order valence-electron chi connectivity index (χ1n) is 9.50. The molecule has 0 aliphatic carbocycles. The molecule has 1 fully saturated rings. The SMILES string of the molecule is CS(=O)(=O)NC1CCN(c2ccccc2NC(=O)c2csc(-c3ccoc3)n2)CC1. The number of piperidine rings is 1. The van der Waals surface area contributed by atoms with Gasteiger partial charge >= 0.3 is 0 Å². The lowest BCUT2D eigenvalue weighted by atomic mass is 10.0. The van der Waals surface area contributed by atoms with Crippen LogP contribution in [-0.2, 0) is 10.0 Å². The second kappa shape index (κ2) is 8.58. The van der Waals surface area contributed by atoms with Crippen molar-refractivity contribution in [3.63, 3.8) is 0 Å². The number of thiazole rings is 1. The number of nitrogens with zero attached hydrogens (tertiary/aromatic N) is 2. The van der Waals surface area contributed by atoms with Crippen molar-refractivity contribution in [2.45, 2.75) is 18.9 Å². The number of benzene rings is 1. The Kier molecular flexibility index (Phi) is 5.89. The zero-order valence-corrected chi connectivity index (χ0v) is 18.0. The van der Waals surface area contributed by atoms with Crippen LogP contribution in [0.15, 0.2) is 52.7 Å². The first kappa shape index (κ1) is 20.6. The number of hydrogen-bond acceptors (Lipinski definition) is 7. The van der Waals surface area contributed by atoms with Gasteiger partial charge in [-0.25, -0.2) is 18.1 Å². The molecule has 2 aromatic heterocycles. The Labute approximate surface area is 179 Å². The van der Waals surface area contributed by atoms with E-state index in [4.69, 9.17) is 4.42 Å². The molecule has 30 heavy (non-hydrogen) atoms. The summed E-state index contributed by atoms with van der Waals surface area (Å²) in [5.74, 6) is -0.276. The normalized spacial score (nSPS) is 15.3. The van der Waals surface area contributed by atoms with Gasteiger partial charge in [0.1, 0.15) is 17.0 Å². The highest BCUT2D eigenvalue weighted by atomic mass is 32.2. The van der Waals surface area contributed by atoms with Gasteiger partial charge < -0.3 is 14.6 Å². The molecule has 1 amide bonds. The predicted octanol–water partition coefficient (Wildman–Crippen LogP) is 3.17. The van der Waals surface area contributed by atoms with E-state index in [1.807, 2.05) is 24.3 Å². The number of anilines is 2. The first-order chi connectivity index (χ1) is 14.4. The Bertz CT molecular complexity index is 1120. The van der Waals surface area contributed by atoms with Crippen molar-refractivity contribution >= 4 is 38.6 Å². The highest BCUT2D eigenvalue weighted by Crippen LogP contribution is 2.30. The minimum atomic E-state index is -3.21. The van der Waals surface area contributed by atoms with Gasteiger partial charge in [-0.05, 0) is 31.0 Å². The van der Waals surface area contributed by atoms with E-state index in [2.05, 4.69) is 19.9 Å². The molecule has 0 saturated carbocycles. The topological polar surface area (TPSA) is 105 Å². The maximum absolute atomic E-state index is 12.8. The Hall–Kier alpha value is -2.69. The molecule has 0 unspecified atom stereocenters. The number of nitrogens with one attached hydrogen (secondary N) is 2. The van der Waals surface area contributed by atoms with Crippen LogP contribution in [0.25, 0.3) is 10.6 Å². The van der Waals surface area contributed by atoms with Crippen LogP contribution in [0.4, 0.5) is 11.4 Å². The third-order valence-electron chi connectivity index (χ3n) is 4.87. The van der Waals surface area contributed by atoms with E-state index >= 15 is 0 Å². The van der Waals surface area contributed by atoms with Crippen LogP contribution in [0.2, 0.25) is 0 Å². The van der Waals surface area contributed by atoms with E-state index < -0.39 is 10.0 Å². The quantitative estimate of drug-likeness (QED) is 0.603. The summed E-state index contributed by atoms with van der Waals surface area (Å²) in [4.78, 5) is 19.3. The number of furan rings is 1. The van der Waals surface area contributed by atoms with Crippen LogP contribution in [0.3, 0.4) is 0 Å². The largest absolute Gasteiger partial charge is 0.472 e. The fourth-order valence-electron chi connectivity index (χ4n) is 3.48. The number of hydrogen-bond donors (Lipinski definition) is 2. The molecule has 1 aliphatic heterocycles. The maximum atomic E-state index is 12.8. The predicted molar refractivity (Wildman–Crippen MR) is 117 cm³/mol. The van der Waals surface area contributed by atoms with Crippen molar-refractivity contribution in [3.8, 4) is 10.6 Å². The summed E-state index contributed by atoms with van der Waals surface area (Å²) >= 11 is 1.38. The summed E-state index contributed by atoms with van der Waals surface area (Å²) in [7, 11) is -3.21. The van der Waals surface area contributed by atoms with Gasteiger partial charge in [0.05, 0.1) is 23.9 Å². The van der Waals surface area contributed by atoms with Crippen LogP contribution >= 0.6 is 11.3 Å². The summed E-state index contributed by atoms with van der Waals surface area (Å²) in [6.07, 6.45) is 5.76. The number of amides is 1. The molecule has 1 aliphatic rings. The number of carbonyl (C=O) groups is 1. The van der Waals surface area contributed by atoms with Crippen LogP contribution in [0, 0.1) is 0 Å². The number of rotatable bonds is 6. The van der Waals surface area contributed by atoms with Gasteiger partial charge in [-0.2, -0.15) is 0 Å². The second-order valence-corrected chi connectivity index (χ2v) is 9.81. The van der Waals surface area contributed by atoms with Crippen molar-refractivity contribution in [2.24, 2.45) is 0 Å². The van der Waals surface area contributed by atoms with E-state index in [-0.39, 0.29) is 11.9 Å². The fourth-order valence-corrected chi connectivity index (χ4v) is 5.11. The summed E-state index contributed by atoms with van der Waals surface area (Å²) in [5.41, 5.74) is 2.80. The smallest absolute Gasteiger partial charge is 0.275 e. The van der Waals surface area contributed by atoms with Crippen LogP contribution < -0.4 is 14.9 Å². The summed E-state index contributed by atoms with van der Waals surface area (Å²) in [5, 5.41) is 5.41. The molecular weight excluding hydrogens is 424 g/mol. The van der Waals surface area contributed by atoms with Crippen molar-refractivity contribution < 1.29 is 17.6 Å². The number of aromatic nitrogens is 1. The molecule has 0 radical (unpaired) electrons. The Balaban J connectivity index is 1.44. The van der Waals surface area contributed by atoms with E-state index in [9.17, 15) is 13.2 Å². The third kappa shape index (κ3) is 4.89. The van der Waals surface area contributed by atoms with E-state index in [0.29, 0.717) is 37.3 Å². The lowest BCUT2D eigenvalue weighted by Gasteiger charge is -2.34. The van der Waals surface area contributed by atoms with E-state index in [1.54, 1.807) is 24.0 Å². The molecule has 8 nitrogen and oxygen atoms in total. The van der Waals surface area contributed by atoms with Gasteiger partial charge in [-0.1, -0.05) is 12.1 Å². The molecule has 0 spiro atoms. The molecule has 10 heteroatoms. The van der Waals surface area contributed by atoms with Crippen LogP contribution in [-0.4, -0.2) is 44.7 Å². The van der Waals surface area contributed by atoms with Crippen molar-refractivity contribution in [2.75, 3.05) is 29.6 Å². The average molecular weight is 447 g/mol. The molecule has 0 bridgehead atoms. The molecule has 0 atom stereocenters. The summed E-state index contributed by atoms with van der Waals surface area (Å²) in [6, 6.07) is 9.35. The summed E-state index contributed by atoms with van der Waals surface area (Å²) in [6.45, 7) is 1.39. The zero-order chi connectivity index (χ0) is 21.1. The highest BCUT2D eigenvalue weighted by molar-refractivity contribution is 7.88. The maximum Gasteiger partial charge on any atom is 0.275 e. The number of sulfonamides is 1. The lowest BCUT2D eigenvalue weighted by Crippen LogP contribution is -2.44. The fraction of sp³-hybridized carbons (Fsp3) is 0.300. The minimum absolute atomic E-state index is 0.0608. The molecular formula is C20H22N4O4S2. The molecule has 158 valence electrons. The van der Waals surface area contributed by atoms with Gasteiger partial charge in [0.2, 0.25) is 10.0 Å². The Morgan fingerprint density at radius 3 is 2.70 bits per heavy atom. The zero-order valence-electron chi connectivity index (χ0n) is 16.4. The van der Waals surface area contributed by atoms with Crippen LogP contribution in [0.1, 0.15) is 23.3 Å². The summed E-state index contributed by atoms with van der Waals surface area (Å²) < 4.78 is 30.7. The van der Waals surface area contributed by atoms with Crippen molar-refractivity contribution in [1.29, 1.82) is 0 Å². The Morgan fingerprint density at radius 1 is 1.23 bits per heavy atom. The number of carbonyl (C=O) groups excluding carboxylic acids is 1. The standard InChI is InChI=1S/C20H22N4O4S2/c1-30(26,27)23-15-6-9-24(10-7-15)18-5-3-2-4-16(18)21-19(25)17-13-29-20(22-17)14-8-11-28-12-14/h2-5,8,11-13,15,23H,6-7,9-10H2,1H3,(H,21,25). The van der Waals surface area contributed by atoms with Crippen LogP contribution in [0.5, 0.6) is 0 Å². The van der Waals surface area contributed by atoms with E-state index in [1.165, 1.54) is 17.6 Å². The van der Waals surface area contributed by atoms with E-state index in [0.717, 1.165) is 16.3 Å². The molecule has 2 N–H and O–H groups in total. The lowest BCUT2D eigenvalue weighted by molar-refractivity contribution is 0.102. The van der Waals surface area contributed by atoms with Gasteiger partial charge in [-0.3, -0.25) is 4.79 Å². The van der Waals surface area contributed by atoms with Crippen molar-refractivity contribution in [3.05, 3.63) is 53.9 Å². The van der Waals surface area contributed by atoms with Crippen molar-refractivity contribution in [1.82, 2.24) is 9.71 Å². The monoisotopic (exact) mass is 446 g/mol. The second-order valence-electron chi connectivity index (χ2n) is 7.17. The average Bonchev–Trinajstić information content (AvgIpc) is 3.40. The minimum Gasteiger partial charge on any atom is -0.472 e. The molecule has 3 aromatic rings.